The second kappa shape index (κ2) is 3.35. The third-order valence-corrected chi connectivity index (χ3v) is 2.70. The number of benzene rings is 1. The number of nitriles is 1. The summed E-state index contributed by atoms with van der Waals surface area (Å²) in [5.74, 6) is 0. The van der Waals surface area contributed by atoms with E-state index in [-0.39, 0.29) is 4.48 Å². The second-order valence-electron chi connectivity index (χ2n) is 3.48. The van der Waals surface area contributed by atoms with Crippen molar-refractivity contribution in [2.75, 3.05) is 0 Å². The number of para-hydroxylation sites is 1. The minimum Gasteiger partial charge on any atom is -0.276 e. The van der Waals surface area contributed by atoms with Crippen LogP contribution in [0.1, 0.15) is 5.56 Å². The van der Waals surface area contributed by atoms with E-state index < -0.39 is 6.17 Å². The second-order valence-corrected chi connectivity index (χ2v) is 3.48. The van der Waals surface area contributed by atoms with E-state index in [9.17, 15) is 5.26 Å². The van der Waals surface area contributed by atoms with Gasteiger partial charge in [-0.3, -0.25) is 5.73 Å². The van der Waals surface area contributed by atoms with Gasteiger partial charge in [-0.2, -0.15) is 0 Å². The molecule has 2 unspecified atom stereocenters. The number of hydrogen-bond donors (Lipinski definition) is 1. The summed E-state index contributed by atoms with van der Waals surface area (Å²) in [4.78, 5) is 0. The lowest BCUT2D eigenvalue weighted by molar-refractivity contribution is 0.449. The Kier molecular flexibility index (Phi) is 2.16. The first kappa shape index (κ1) is 9.66. The highest BCUT2D eigenvalue weighted by Gasteiger charge is 2.39. The fraction of sp³-hybridized carbons (Fsp3) is 0.0833. The molecule has 1 aliphatic rings. The van der Waals surface area contributed by atoms with E-state index in [4.69, 9.17) is 5.73 Å². The normalized spacial score (nSPS) is 24.3. The van der Waals surface area contributed by atoms with Gasteiger partial charge in [0.05, 0.1) is 0 Å². The highest BCUT2D eigenvalue weighted by atomic mass is 15.4. The monoisotopic (exact) mass is 198 g/mol. The average Bonchev–Trinajstić information content (AvgIpc) is 2.68. The summed E-state index contributed by atoms with van der Waals surface area (Å²) in [5.41, 5.74) is 7.87. The minimum atomic E-state index is -0.435. The molecule has 15 heavy (non-hydrogen) atoms. The summed E-state index contributed by atoms with van der Waals surface area (Å²) < 4.78 is -0.0142. The first-order valence-electron chi connectivity index (χ1n) is 4.71. The number of hydrogen-bond acceptors (Lipinski definition) is 2. The summed E-state index contributed by atoms with van der Waals surface area (Å²) >= 11 is 0. The van der Waals surface area contributed by atoms with Gasteiger partial charge in [-0.25, -0.2) is 0 Å². The molecule has 0 saturated carbocycles. The van der Waals surface area contributed by atoms with Crippen LogP contribution >= 0.6 is 0 Å². The molecule has 0 fully saturated rings. The number of nitrogens with zero attached hydrogens (tertiary/aromatic N) is 2. The van der Waals surface area contributed by atoms with E-state index in [1.165, 1.54) is 0 Å². The lowest BCUT2D eigenvalue weighted by Gasteiger charge is -2.26. The van der Waals surface area contributed by atoms with Crippen LogP contribution in [-0.4, -0.2) is 6.17 Å². The highest BCUT2D eigenvalue weighted by Crippen LogP contribution is 2.35. The van der Waals surface area contributed by atoms with Gasteiger partial charge >= 0.3 is 6.19 Å². The predicted octanol–water partition coefficient (Wildman–Crippen LogP) is 1.93. The molecule has 3 nitrogen and oxygen atoms in total. The maximum Gasteiger partial charge on any atom is 0.320 e. The zero-order valence-electron chi connectivity index (χ0n) is 8.30. The largest absolute Gasteiger partial charge is 0.320 e. The highest BCUT2D eigenvalue weighted by molar-refractivity contribution is 5.75. The van der Waals surface area contributed by atoms with Crippen LogP contribution in [0, 0.1) is 11.5 Å². The van der Waals surface area contributed by atoms with Gasteiger partial charge in [-0.1, -0.05) is 18.7 Å². The molecule has 2 atom stereocenters. The van der Waals surface area contributed by atoms with Crippen LogP contribution < -0.4 is 10.2 Å². The number of fused-ring (bicyclic) bond motifs is 1. The molecular formula is C12H12N3+. The van der Waals surface area contributed by atoms with Crippen LogP contribution in [0.15, 0.2) is 43.1 Å². The molecule has 1 heterocycles. The van der Waals surface area contributed by atoms with Crippen LogP contribution in [0.5, 0.6) is 0 Å². The molecule has 0 aromatic heterocycles. The molecule has 2 rings (SSSR count). The Hall–Kier alpha value is -1.89. The molecule has 1 aromatic rings. The van der Waals surface area contributed by atoms with Gasteiger partial charge in [0.25, 0.3) is 0 Å². The molecule has 2 N–H and O–H groups in total. The molecule has 0 aliphatic carbocycles. The van der Waals surface area contributed by atoms with Crippen LogP contribution in [0.25, 0.3) is 6.08 Å². The third-order valence-electron chi connectivity index (χ3n) is 2.70. The quantitative estimate of drug-likeness (QED) is 0.448. The maximum absolute atomic E-state index is 9.31. The molecule has 0 saturated heterocycles. The van der Waals surface area contributed by atoms with Crippen LogP contribution in [0.4, 0.5) is 5.69 Å². The van der Waals surface area contributed by atoms with Crippen molar-refractivity contribution in [2.45, 2.75) is 6.17 Å². The predicted molar refractivity (Wildman–Crippen MR) is 61.1 cm³/mol. The Balaban J connectivity index is 2.61. The van der Waals surface area contributed by atoms with Crippen molar-refractivity contribution in [2.24, 2.45) is 5.73 Å². The molecule has 74 valence electrons. The Morgan fingerprint density at radius 3 is 2.87 bits per heavy atom. The fourth-order valence-corrected chi connectivity index (χ4v) is 1.82. The Morgan fingerprint density at radius 2 is 2.20 bits per heavy atom. The summed E-state index contributed by atoms with van der Waals surface area (Å²) in [5, 5.41) is 9.31. The summed E-state index contributed by atoms with van der Waals surface area (Å²) in [6, 6.07) is 7.74. The molecule has 0 radical (unpaired) electrons. The fourth-order valence-electron chi connectivity index (χ4n) is 1.82. The first-order chi connectivity index (χ1) is 7.24. The molecule has 0 bridgehead atoms. The van der Waals surface area contributed by atoms with Crippen LogP contribution in [-0.2, 0) is 0 Å². The van der Waals surface area contributed by atoms with Gasteiger partial charge in [0, 0.05) is 17.7 Å². The van der Waals surface area contributed by atoms with Crippen molar-refractivity contribution in [3.8, 4) is 6.19 Å². The van der Waals surface area contributed by atoms with Crippen molar-refractivity contribution in [1.29, 1.82) is 5.26 Å². The number of rotatable bonds is 2. The Bertz CT molecular complexity index is 470. The number of nitrogens with two attached hydrogens (primary N) is 1. The molecule has 0 amide bonds. The average molecular weight is 198 g/mol. The van der Waals surface area contributed by atoms with Gasteiger partial charge < -0.3 is 0 Å². The van der Waals surface area contributed by atoms with Crippen molar-refractivity contribution < 1.29 is 0 Å². The van der Waals surface area contributed by atoms with Gasteiger partial charge in [0.15, 0.2) is 11.9 Å². The van der Waals surface area contributed by atoms with Gasteiger partial charge in [0.2, 0.25) is 0 Å². The SMILES string of the molecule is C=CC(N)[N+]1(C#N)C=Cc2ccccc21. The third kappa shape index (κ3) is 1.20. The van der Waals surface area contributed by atoms with E-state index in [0.717, 1.165) is 11.3 Å². The van der Waals surface area contributed by atoms with Crippen molar-refractivity contribution in [3.63, 3.8) is 0 Å². The van der Waals surface area contributed by atoms with Crippen LogP contribution in [0.2, 0.25) is 0 Å². The smallest absolute Gasteiger partial charge is 0.276 e. The standard InChI is InChI=1S/C12H12N3/c1-2-12(14)15(9-13)8-7-10-5-3-4-6-11(10)15/h2-8,12H,1,14H2/q+1. The van der Waals surface area contributed by atoms with Crippen molar-refractivity contribution in [1.82, 2.24) is 4.48 Å². The first-order valence-corrected chi connectivity index (χ1v) is 4.71. The van der Waals surface area contributed by atoms with Crippen molar-refractivity contribution >= 4 is 11.8 Å². The lowest BCUT2D eigenvalue weighted by atomic mass is 10.2. The number of quaternary nitrogens is 1. The van der Waals surface area contributed by atoms with E-state index >= 15 is 0 Å². The zero-order chi connectivity index (χ0) is 10.9. The van der Waals surface area contributed by atoms with Crippen molar-refractivity contribution in [3.05, 3.63) is 48.7 Å². The molecule has 0 spiro atoms. The summed E-state index contributed by atoms with van der Waals surface area (Å²) in [6.07, 6.45) is 7.12. The van der Waals surface area contributed by atoms with E-state index in [1.807, 2.05) is 30.3 Å². The van der Waals surface area contributed by atoms with Gasteiger partial charge in [0.1, 0.15) is 6.20 Å². The summed E-state index contributed by atoms with van der Waals surface area (Å²) in [6.45, 7) is 3.65. The molecule has 1 aromatic carbocycles. The Morgan fingerprint density at radius 1 is 1.47 bits per heavy atom. The zero-order valence-corrected chi connectivity index (χ0v) is 8.30. The van der Waals surface area contributed by atoms with Gasteiger partial charge in [-0.15, -0.1) is 9.74 Å². The topological polar surface area (TPSA) is 49.8 Å². The van der Waals surface area contributed by atoms with E-state index in [2.05, 4.69) is 12.8 Å². The van der Waals surface area contributed by atoms with Crippen LogP contribution in [0.3, 0.4) is 0 Å². The summed E-state index contributed by atoms with van der Waals surface area (Å²) in [7, 11) is 0. The molecule has 3 heteroatoms. The Labute approximate surface area is 88.9 Å². The minimum absolute atomic E-state index is 0.0142. The van der Waals surface area contributed by atoms with E-state index in [0.29, 0.717) is 0 Å². The van der Waals surface area contributed by atoms with Gasteiger partial charge in [-0.05, 0) is 12.1 Å². The molecule has 1 aliphatic heterocycles. The molecular weight excluding hydrogens is 186 g/mol. The van der Waals surface area contributed by atoms with E-state index in [1.54, 1.807) is 12.3 Å². The lowest BCUT2D eigenvalue weighted by Crippen LogP contribution is -2.51. The maximum atomic E-state index is 9.31.